The molecule has 3 N–H and O–H groups in total. The molecule has 2 rings (SSSR count). The largest absolute Gasteiger partial charge is 0.435 e. The van der Waals surface area contributed by atoms with Crippen molar-refractivity contribution in [3.63, 3.8) is 0 Å². The standard InChI is InChI=1S/C12H11F2N3O3S/c13-11(14)20-7-3-1-6(2-4-7)16-9(18)5-8-10(19)17-12(15)21-8/h1-4,8,11H,5H2,(H,16,18)(H2,15,17,19)/t8-/m0/s1. The molecule has 1 heterocycles. The molecule has 6 nitrogen and oxygen atoms in total. The Balaban J connectivity index is 1.87. The highest BCUT2D eigenvalue weighted by molar-refractivity contribution is 8.15. The van der Waals surface area contributed by atoms with Gasteiger partial charge in [0.05, 0.1) is 0 Å². The van der Waals surface area contributed by atoms with Crippen LogP contribution in [0.4, 0.5) is 14.5 Å². The highest BCUT2D eigenvalue weighted by atomic mass is 32.2. The van der Waals surface area contributed by atoms with E-state index in [1.165, 1.54) is 24.3 Å². The second-order valence-electron chi connectivity index (χ2n) is 4.05. The maximum absolute atomic E-state index is 12.0. The average molecular weight is 315 g/mol. The van der Waals surface area contributed by atoms with Gasteiger partial charge >= 0.3 is 6.61 Å². The number of hydrogen-bond acceptors (Lipinski definition) is 5. The van der Waals surface area contributed by atoms with Gasteiger partial charge in [0.1, 0.15) is 11.0 Å². The van der Waals surface area contributed by atoms with Crippen LogP contribution in [0.1, 0.15) is 6.42 Å². The Morgan fingerprint density at radius 1 is 1.43 bits per heavy atom. The van der Waals surface area contributed by atoms with E-state index in [1.54, 1.807) is 0 Å². The van der Waals surface area contributed by atoms with Crippen LogP contribution in [0.15, 0.2) is 29.3 Å². The van der Waals surface area contributed by atoms with Crippen molar-refractivity contribution in [1.82, 2.24) is 0 Å². The number of ether oxygens (including phenoxy) is 1. The molecule has 9 heteroatoms. The molecule has 0 saturated heterocycles. The van der Waals surface area contributed by atoms with Crippen molar-refractivity contribution in [2.24, 2.45) is 10.7 Å². The van der Waals surface area contributed by atoms with Crippen molar-refractivity contribution in [1.29, 1.82) is 0 Å². The van der Waals surface area contributed by atoms with Crippen molar-refractivity contribution in [2.75, 3.05) is 5.32 Å². The molecule has 0 unspecified atom stereocenters. The summed E-state index contributed by atoms with van der Waals surface area (Å²) in [5.41, 5.74) is 5.79. The minimum absolute atomic E-state index is 0.00861. The third-order valence-corrected chi connectivity index (χ3v) is 3.48. The minimum atomic E-state index is -2.90. The van der Waals surface area contributed by atoms with E-state index >= 15 is 0 Å². The molecule has 2 amide bonds. The number of thioether (sulfide) groups is 1. The molecule has 112 valence electrons. The number of benzene rings is 1. The van der Waals surface area contributed by atoms with E-state index in [-0.39, 0.29) is 17.3 Å². The summed E-state index contributed by atoms with van der Waals surface area (Å²) in [6.45, 7) is -2.90. The summed E-state index contributed by atoms with van der Waals surface area (Å²) in [5.74, 6) is -0.840. The summed E-state index contributed by atoms with van der Waals surface area (Å²) in [4.78, 5) is 26.6. The van der Waals surface area contributed by atoms with Gasteiger partial charge in [-0.15, -0.1) is 0 Å². The van der Waals surface area contributed by atoms with Gasteiger partial charge in [0, 0.05) is 12.1 Å². The molecule has 0 fully saturated rings. The van der Waals surface area contributed by atoms with Crippen LogP contribution in [0.5, 0.6) is 5.75 Å². The van der Waals surface area contributed by atoms with Gasteiger partial charge < -0.3 is 15.8 Å². The number of amidine groups is 1. The highest BCUT2D eigenvalue weighted by Crippen LogP contribution is 2.23. The van der Waals surface area contributed by atoms with Crippen molar-refractivity contribution in [2.45, 2.75) is 18.3 Å². The molecule has 0 spiro atoms. The van der Waals surface area contributed by atoms with Gasteiger partial charge in [-0.2, -0.15) is 13.8 Å². The molecule has 1 aromatic carbocycles. The van der Waals surface area contributed by atoms with Gasteiger partial charge in [0.2, 0.25) is 5.91 Å². The van der Waals surface area contributed by atoms with E-state index in [4.69, 9.17) is 5.73 Å². The molecule has 0 radical (unpaired) electrons. The first-order valence-electron chi connectivity index (χ1n) is 5.83. The molecule has 1 aromatic rings. The van der Waals surface area contributed by atoms with Crippen LogP contribution in [0.3, 0.4) is 0 Å². The van der Waals surface area contributed by atoms with Gasteiger partial charge in [-0.05, 0) is 24.3 Å². The van der Waals surface area contributed by atoms with Crippen LogP contribution in [-0.4, -0.2) is 28.8 Å². The number of nitrogens with two attached hydrogens (primary N) is 1. The SMILES string of the molecule is NC1=NC(=O)[C@H](CC(=O)Nc2ccc(OC(F)F)cc2)S1. The number of nitrogens with zero attached hydrogens (tertiary/aromatic N) is 1. The molecule has 0 saturated carbocycles. The number of rotatable bonds is 5. The lowest BCUT2D eigenvalue weighted by molar-refractivity contribution is -0.121. The molecule has 0 aliphatic carbocycles. The Hall–Kier alpha value is -2.16. The molecule has 0 aromatic heterocycles. The summed E-state index contributed by atoms with van der Waals surface area (Å²) in [6, 6.07) is 5.45. The maximum atomic E-state index is 12.0. The highest BCUT2D eigenvalue weighted by Gasteiger charge is 2.29. The monoisotopic (exact) mass is 315 g/mol. The van der Waals surface area contributed by atoms with Crippen molar-refractivity contribution < 1.29 is 23.1 Å². The molecule has 21 heavy (non-hydrogen) atoms. The smallest absolute Gasteiger partial charge is 0.387 e. The normalized spacial score (nSPS) is 17.8. The van der Waals surface area contributed by atoms with Gasteiger partial charge in [-0.3, -0.25) is 9.59 Å². The summed E-state index contributed by atoms with van der Waals surface area (Å²) in [6.07, 6.45) is -0.0665. The zero-order valence-electron chi connectivity index (χ0n) is 10.6. The van der Waals surface area contributed by atoms with Crippen LogP contribution >= 0.6 is 11.8 Å². The Morgan fingerprint density at radius 2 is 2.10 bits per heavy atom. The van der Waals surface area contributed by atoms with Crippen LogP contribution in [0.2, 0.25) is 0 Å². The maximum Gasteiger partial charge on any atom is 0.387 e. The topological polar surface area (TPSA) is 93.8 Å². The number of aliphatic imine (C=N–C) groups is 1. The second-order valence-corrected chi connectivity index (χ2v) is 5.27. The van der Waals surface area contributed by atoms with E-state index in [2.05, 4.69) is 15.0 Å². The number of carbonyl (C=O) groups excluding carboxylic acids is 2. The van der Waals surface area contributed by atoms with Gasteiger partial charge in [-0.25, -0.2) is 0 Å². The summed E-state index contributed by atoms with van der Waals surface area (Å²) in [7, 11) is 0. The predicted molar refractivity (Wildman–Crippen MR) is 74.3 cm³/mol. The lowest BCUT2D eigenvalue weighted by Crippen LogP contribution is -2.21. The lowest BCUT2D eigenvalue weighted by Gasteiger charge is -2.09. The Kier molecular flexibility index (Phi) is 4.73. The van der Waals surface area contributed by atoms with E-state index in [0.717, 1.165) is 11.8 Å². The first-order chi connectivity index (χ1) is 9.94. The molecule has 1 aliphatic heterocycles. The zero-order chi connectivity index (χ0) is 15.4. The van der Waals surface area contributed by atoms with Gasteiger partial charge in [0.15, 0.2) is 5.17 Å². The van der Waals surface area contributed by atoms with E-state index < -0.39 is 23.7 Å². The molecule has 1 atom stereocenters. The van der Waals surface area contributed by atoms with E-state index in [0.29, 0.717) is 5.69 Å². The Bertz CT molecular complexity index is 578. The quantitative estimate of drug-likeness (QED) is 0.860. The molecule has 1 aliphatic rings. The van der Waals surface area contributed by atoms with Crippen LogP contribution in [0, 0.1) is 0 Å². The summed E-state index contributed by atoms with van der Waals surface area (Å²) in [5, 5.41) is 2.07. The number of amides is 2. The van der Waals surface area contributed by atoms with Crippen molar-refractivity contribution in [3.8, 4) is 5.75 Å². The second kappa shape index (κ2) is 6.53. The fourth-order valence-electron chi connectivity index (χ4n) is 1.63. The Morgan fingerprint density at radius 3 is 2.62 bits per heavy atom. The number of hydrogen-bond donors (Lipinski definition) is 2. The number of alkyl halides is 2. The Labute approximate surface area is 122 Å². The van der Waals surface area contributed by atoms with Gasteiger partial charge in [0.25, 0.3) is 5.91 Å². The minimum Gasteiger partial charge on any atom is -0.435 e. The summed E-state index contributed by atoms with van der Waals surface area (Å²) >= 11 is 1.04. The van der Waals surface area contributed by atoms with Crippen molar-refractivity contribution in [3.05, 3.63) is 24.3 Å². The number of nitrogens with one attached hydrogen (secondary N) is 1. The number of anilines is 1. The summed E-state index contributed by atoms with van der Waals surface area (Å²) < 4.78 is 28.1. The third kappa shape index (κ3) is 4.42. The average Bonchev–Trinajstić information content (AvgIpc) is 2.69. The van der Waals surface area contributed by atoms with E-state index in [1.807, 2.05) is 0 Å². The van der Waals surface area contributed by atoms with Crippen molar-refractivity contribution >= 4 is 34.4 Å². The fourth-order valence-corrected chi connectivity index (χ4v) is 2.45. The predicted octanol–water partition coefficient (Wildman–Crippen LogP) is 1.57. The molecule has 0 bridgehead atoms. The van der Waals surface area contributed by atoms with Crippen LogP contribution < -0.4 is 15.8 Å². The fraction of sp³-hybridized carbons (Fsp3) is 0.250. The molecular weight excluding hydrogens is 304 g/mol. The van der Waals surface area contributed by atoms with Gasteiger partial charge in [-0.1, -0.05) is 11.8 Å². The number of carbonyl (C=O) groups is 2. The first-order valence-corrected chi connectivity index (χ1v) is 6.71. The number of halogens is 2. The molecular formula is C12H11F2N3O3S. The first kappa shape index (κ1) is 15.2. The zero-order valence-corrected chi connectivity index (χ0v) is 11.4. The third-order valence-electron chi connectivity index (χ3n) is 2.49. The van der Waals surface area contributed by atoms with Crippen LogP contribution in [0.25, 0.3) is 0 Å². The lowest BCUT2D eigenvalue weighted by atomic mass is 10.2. The van der Waals surface area contributed by atoms with E-state index in [9.17, 15) is 18.4 Å². The van der Waals surface area contributed by atoms with Crippen LogP contribution in [-0.2, 0) is 9.59 Å².